The average Bonchev–Trinajstić information content (AvgIpc) is 2.90. The predicted molar refractivity (Wildman–Crippen MR) is 90.4 cm³/mol. The summed E-state index contributed by atoms with van der Waals surface area (Å²) in [4.78, 5) is 27.5. The molecule has 6 heteroatoms. The number of aromatic nitrogens is 1. The topological polar surface area (TPSA) is 72.6 Å². The van der Waals surface area contributed by atoms with Crippen molar-refractivity contribution >= 4 is 11.7 Å². The van der Waals surface area contributed by atoms with Crippen molar-refractivity contribution in [1.29, 1.82) is 0 Å². The molecule has 3 aliphatic rings. The van der Waals surface area contributed by atoms with E-state index in [2.05, 4.69) is 5.16 Å². The molecular formula is C19H26N2O4. The maximum Gasteiger partial charge on any atom is 0.276 e. The molecule has 0 N–H and O–H groups in total. The van der Waals surface area contributed by atoms with Crippen molar-refractivity contribution in [3.63, 3.8) is 0 Å². The number of amides is 1. The summed E-state index contributed by atoms with van der Waals surface area (Å²) < 4.78 is 11.1. The van der Waals surface area contributed by atoms with Crippen molar-refractivity contribution in [3.05, 3.63) is 17.0 Å². The van der Waals surface area contributed by atoms with Gasteiger partial charge in [-0.2, -0.15) is 0 Å². The molecule has 25 heavy (non-hydrogen) atoms. The van der Waals surface area contributed by atoms with E-state index in [0.717, 1.165) is 62.7 Å². The monoisotopic (exact) mass is 346 g/mol. The number of ketones is 1. The first-order valence-electron chi connectivity index (χ1n) is 9.64. The number of ether oxygens (including phenoxy) is 1. The zero-order valence-electron chi connectivity index (χ0n) is 14.7. The van der Waals surface area contributed by atoms with E-state index >= 15 is 0 Å². The fraction of sp³-hybridized carbons (Fsp3) is 0.737. The molecule has 1 aromatic heterocycles. The van der Waals surface area contributed by atoms with E-state index in [-0.39, 0.29) is 23.7 Å². The van der Waals surface area contributed by atoms with Gasteiger partial charge in [0.05, 0.1) is 19.3 Å². The highest BCUT2D eigenvalue weighted by Crippen LogP contribution is 2.30. The highest BCUT2D eigenvalue weighted by molar-refractivity contribution is 5.95. The smallest absolute Gasteiger partial charge is 0.276 e. The number of morpholine rings is 1. The zero-order valence-corrected chi connectivity index (χ0v) is 14.7. The van der Waals surface area contributed by atoms with E-state index in [1.165, 1.54) is 0 Å². The van der Waals surface area contributed by atoms with Crippen molar-refractivity contribution in [2.24, 2.45) is 5.92 Å². The highest BCUT2D eigenvalue weighted by atomic mass is 16.5. The van der Waals surface area contributed by atoms with Gasteiger partial charge in [0.2, 0.25) is 0 Å². The van der Waals surface area contributed by atoms with Gasteiger partial charge < -0.3 is 14.2 Å². The third-order valence-corrected chi connectivity index (χ3v) is 5.90. The number of hydrogen-bond donors (Lipinski definition) is 0. The number of carbonyl (C=O) groups is 2. The van der Waals surface area contributed by atoms with Gasteiger partial charge in [0.1, 0.15) is 11.5 Å². The Labute approximate surface area is 147 Å². The van der Waals surface area contributed by atoms with E-state index in [9.17, 15) is 9.59 Å². The first-order valence-corrected chi connectivity index (χ1v) is 9.64. The normalized spacial score (nSPS) is 27.7. The van der Waals surface area contributed by atoms with Gasteiger partial charge >= 0.3 is 0 Å². The van der Waals surface area contributed by atoms with Gasteiger partial charge in [-0.3, -0.25) is 9.59 Å². The second kappa shape index (κ2) is 7.28. The fourth-order valence-corrected chi connectivity index (χ4v) is 4.49. The Kier molecular flexibility index (Phi) is 4.88. The van der Waals surface area contributed by atoms with Crippen LogP contribution in [-0.2, 0) is 22.4 Å². The Morgan fingerprint density at radius 3 is 2.80 bits per heavy atom. The van der Waals surface area contributed by atoms with E-state index in [1.807, 2.05) is 4.90 Å². The van der Waals surface area contributed by atoms with Crippen LogP contribution in [-0.4, -0.2) is 47.5 Å². The van der Waals surface area contributed by atoms with E-state index in [4.69, 9.17) is 9.26 Å². The summed E-state index contributed by atoms with van der Waals surface area (Å²) in [5, 5.41) is 4.12. The molecule has 1 aromatic rings. The average molecular weight is 346 g/mol. The summed E-state index contributed by atoms with van der Waals surface area (Å²) in [7, 11) is 0. The van der Waals surface area contributed by atoms with E-state index < -0.39 is 0 Å². The molecule has 1 aliphatic heterocycles. The molecule has 2 aliphatic carbocycles. The van der Waals surface area contributed by atoms with Crippen LogP contribution in [0.15, 0.2) is 4.52 Å². The maximum atomic E-state index is 13.2. The Morgan fingerprint density at radius 2 is 1.92 bits per heavy atom. The number of nitrogens with zero attached hydrogens (tertiary/aromatic N) is 2. The van der Waals surface area contributed by atoms with Crippen molar-refractivity contribution in [3.8, 4) is 0 Å². The molecular weight excluding hydrogens is 320 g/mol. The van der Waals surface area contributed by atoms with Gasteiger partial charge in [-0.15, -0.1) is 0 Å². The van der Waals surface area contributed by atoms with Crippen LogP contribution in [0.3, 0.4) is 0 Å². The zero-order chi connectivity index (χ0) is 17.2. The molecule has 0 bridgehead atoms. The summed E-state index contributed by atoms with van der Waals surface area (Å²) in [6.07, 6.45) is 8.54. The standard InChI is InChI=1S/C19H26N2O4/c22-16-8-5-4-6-13(16)15-12-24-11-10-21(15)19(23)18-14-7-2-1-3-9-17(14)25-20-18/h13,15H,1-12H2/t13-,15-/m0/s1. The van der Waals surface area contributed by atoms with Gasteiger partial charge in [-0.25, -0.2) is 0 Å². The lowest BCUT2D eigenvalue weighted by Gasteiger charge is -2.40. The molecule has 0 unspecified atom stereocenters. The second-order valence-corrected chi connectivity index (χ2v) is 7.45. The largest absolute Gasteiger partial charge is 0.377 e. The van der Waals surface area contributed by atoms with Crippen LogP contribution in [0, 0.1) is 5.92 Å². The fourth-order valence-electron chi connectivity index (χ4n) is 4.49. The lowest BCUT2D eigenvalue weighted by molar-refractivity contribution is -0.129. The van der Waals surface area contributed by atoms with Crippen LogP contribution in [0.25, 0.3) is 0 Å². The Balaban J connectivity index is 1.59. The summed E-state index contributed by atoms with van der Waals surface area (Å²) in [5.41, 5.74) is 1.45. The summed E-state index contributed by atoms with van der Waals surface area (Å²) in [6.45, 7) is 1.49. The SMILES string of the molecule is O=C1CCCC[C@H]1[C@@H]1COCCN1C(=O)c1noc2c1CCCCC2. The van der Waals surface area contributed by atoms with Crippen molar-refractivity contribution < 1.29 is 18.8 Å². The first-order chi connectivity index (χ1) is 12.3. The van der Waals surface area contributed by atoms with Gasteiger partial charge in [-0.05, 0) is 32.1 Å². The molecule has 0 spiro atoms. The third kappa shape index (κ3) is 3.24. The molecule has 1 saturated heterocycles. The van der Waals surface area contributed by atoms with Crippen molar-refractivity contribution in [2.45, 2.75) is 63.8 Å². The minimum atomic E-state index is -0.160. The number of rotatable bonds is 2. The lowest BCUT2D eigenvalue weighted by atomic mass is 9.82. The molecule has 4 rings (SSSR count). The molecule has 2 atom stereocenters. The minimum Gasteiger partial charge on any atom is -0.377 e. The van der Waals surface area contributed by atoms with Gasteiger partial charge in [0.25, 0.3) is 5.91 Å². The number of hydrogen-bond acceptors (Lipinski definition) is 5. The van der Waals surface area contributed by atoms with Gasteiger partial charge in [0.15, 0.2) is 5.69 Å². The van der Waals surface area contributed by atoms with Crippen LogP contribution < -0.4 is 0 Å². The number of carbonyl (C=O) groups excluding carboxylic acids is 2. The Bertz CT molecular complexity index is 654. The molecule has 0 radical (unpaired) electrons. The van der Waals surface area contributed by atoms with E-state index in [1.54, 1.807) is 0 Å². The van der Waals surface area contributed by atoms with Crippen LogP contribution in [0.1, 0.15) is 66.8 Å². The van der Waals surface area contributed by atoms with Gasteiger partial charge in [0, 0.05) is 30.9 Å². The molecule has 6 nitrogen and oxygen atoms in total. The summed E-state index contributed by atoms with van der Waals surface area (Å²) in [6, 6.07) is -0.160. The molecule has 2 heterocycles. The maximum absolute atomic E-state index is 13.2. The molecule has 1 saturated carbocycles. The Hall–Kier alpha value is -1.69. The molecule has 1 amide bonds. The van der Waals surface area contributed by atoms with Crippen LogP contribution in [0.4, 0.5) is 0 Å². The molecule has 0 aromatic carbocycles. The predicted octanol–water partition coefficient (Wildman–Crippen LogP) is 2.54. The van der Waals surface area contributed by atoms with Crippen molar-refractivity contribution in [1.82, 2.24) is 10.1 Å². The number of fused-ring (bicyclic) bond motifs is 1. The highest BCUT2D eigenvalue weighted by Gasteiger charge is 2.40. The third-order valence-electron chi connectivity index (χ3n) is 5.90. The lowest BCUT2D eigenvalue weighted by Crippen LogP contribution is -2.54. The van der Waals surface area contributed by atoms with Crippen molar-refractivity contribution in [2.75, 3.05) is 19.8 Å². The summed E-state index contributed by atoms with van der Waals surface area (Å²) >= 11 is 0. The number of Topliss-reactive ketones (excluding diaryl/α,β-unsaturated/α-hetero) is 1. The number of aryl methyl sites for hydroxylation is 1. The van der Waals surface area contributed by atoms with E-state index in [0.29, 0.717) is 31.9 Å². The quantitative estimate of drug-likeness (QED) is 0.770. The molecule has 136 valence electrons. The minimum absolute atomic E-state index is 0.0847. The van der Waals surface area contributed by atoms with Gasteiger partial charge in [-0.1, -0.05) is 18.0 Å². The van der Waals surface area contributed by atoms with Crippen LogP contribution >= 0.6 is 0 Å². The van der Waals surface area contributed by atoms with Crippen LogP contribution in [0.5, 0.6) is 0 Å². The second-order valence-electron chi connectivity index (χ2n) is 7.45. The molecule has 2 fully saturated rings. The van der Waals surface area contributed by atoms with Crippen LogP contribution in [0.2, 0.25) is 0 Å². The first kappa shape index (κ1) is 16.8. The Morgan fingerprint density at radius 1 is 1.08 bits per heavy atom. The summed E-state index contributed by atoms with van der Waals surface area (Å²) in [5.74, 6) is 0.972.